The molecular weight excluding hydrogens is 480 g/mol. The predicted octanol–water partition coefficient (Wildman–Crippen LogP) is 4.02. The van der Waals surface area contributed by atoms with Gasteiger partial charge in [-0.3, -0.25) is 9.48 Å². The Bertz CT molecular complexity index is 1270. The van der Waals surface area contributed by atoms with Gasteiger partial charge in [0.15, 0.2) is 0 Å². The maximum atomic E-state index is 12.2. The van der Waals surface area contributed by atoms with Crippen LogP contribution in [0.3, 0.4) is 0 Å². The Morgan fingerprint density at radius 2 is 1.94 bits per heavy atom. The molecule has 10 nitrogen and oxygen atoms in total. The molecule has 0 spiro atoms. The van der Waals surface area contributed by atoms with Crippen molar-refractivity contribution in [2.75, 3.05) is 56.9 Å². The molecule has 2 heterocycles. The van der Waals surface area contributed by atoms with Crippen LogP contribution in [0.5, 0.6) is 5.75 Å². The number of amides is 1. The number of carbonyl (C=O) groups is 1. The van der Waals surface area contributed by atoms with Crippen molar-refractivity contribution in [1.82, 2.24) is 24.6 Å². The van der Waals surface area contributed by atoms with Crippen LogP contribution in [0, 0.1) is 13.8 Å². The third-order valence-electron chi connectivity index (χ3n) is 5.79. The third-order valence-corrected chi connectivity index (χ3v) is 6.07. The number of rotatable bonds is 10. The van der Waals surface area contributed by atoms with E-state index in [1.165, 1.54) is 6.08 Å². The fourth-order valence-electron chi connectivity index (χ4n) is 3.75. The number of nitrogens with zero attached hydrogens (tertiary/aromatic N) is 6. The molecule has 0 atom stereocenters. The molecule has 0 aliphatic carbocycles. The Morgan fingerprint density at radius 3 is 2.53 bits per heavy atom. The van der Waals surface area contributed by atoms with Gasteiger partial charge in [-0.1, -0.05) is 18.2 Å². The van der Waals surface area contributed by atoms with Crippen LogP contribution in [0.15, 0.2) is 31.0 Å². The molecule has 0 radical (unpaired) electrons. The van der Waals surface area contributed by atoms with E-state index >= 15 is 0 Å². The summed E-state index contributed by atoms with van der Waals surface area (Å²) in [6.45, 7) is 9.02. The summed E-state index contributed by atoms with van der Waals surface area (Å²) >= 11 is 6.47. The molecule has 2 N–H and O–H groups in total. The van der Waals surface area contributed by atoms with Crippen LogP contribution in [0.4, 0.5) is 23.0 Å². The van der Waals surface area contributed by atoms with Crippen LogP contribution in [-0.4, -0.2) is 71.9 Å². The van der Waals surface area contributed by atoms with Gasteiger partial charge in [0, 0.05) is 44.5 Å². The highest BCUT2D eigenvalue weighted by Gasteiger charge is 2.19. The SMILES string of the molecule is C=CC(=O)Nc1cc(Nc2ncc(Cl)c(-c3c(C)nn(C)c3C)n2)c(OC)cc1N(C)CCN(C)C. The van der Waals surface area contributed by atoms with Crippen molar-refractivity contribution in [2.24, 2.45) is 7.05 Å². The molecular formula is C25H33ClN8O2. The Labute approximate surface area is 216 Å². The van der Waals surface area contributed by atoms with Gasteiger partial charge in [0.05, 0.1) is 46.8 Å². The Hall–Kier alpha value is -3.63. The minimum absolute atomic E-state index is 0.319. The minimum atomic E-state index is -0.319. The highest BCUT2D eigenvalue weighted by atomic mass is 35.5. The predicted molar refractivity (Wildman–Crippen MR) is 146 cm³/mol. The number of anilines is 4. The third kappa shape index (κ3) is 5.95. The Balaban J connectivity index is 2.04. The lowest BCUT2D eigenvalue weighted by Crippen LogP contribution is -2.29. The van der Waals surface area contributed by atoms with Gasteiger partial charge in [-0.15, -0.1) is 0 Å². The molecule has 0 unspecified atom stereocenters. The van der Waals surface area contributed by atoms with E-state index in [1.54, 1.807) is 24.1 Å². The van der Waals surface area contributed by atoms with Crippen molar-refractivity contribution in [2.45, 2.75) is 13.8 Å². The molecule has 1 aromatic carbocycles. The lowest BCUT2D eigenvalue weighted by molar-refractivity contribution is -0.111. The second-order valence-corrected chi connectivity index (χ2v) is 9.08. The van der Waals surface area contributed by atoms with Crippen LogP contribution in [0.25, 0.3) is 11.3 Å². The second kappa shape index (κ2) is 11.4. The standard InChI is InChI=1S/C25H33ClN8O2/c1-9-22(35)28-18-12-19(21(36-8)13-20(18)33(6)11-10-32(4)5)29-25-27-14-17(26)24(30-25)23-15(2)31-34(7)16(23)3/h9,12-14H,1,10-11H2,2-8H3,(H,28,35)(H,27,29,30). The molecule has 0 aliphatic heterocycles. The molecule has 2 aromatic heterocycles. The van der Waals surface area contributed by atoms with Gasteiger partial charge in [-0.25, -0.2) is 9.97 Å². The van der Waals surface area contributed by atoms with Crippen molar-refractivity contribution in [3.8, 4) is 17.0 Å². The van der Waals surface area contributed by atoms with Crippen LogP contribution in [0.1, 0.15) is 11.4 Å². The number of carbonyl (C=O) groups excluding carboxylic acids is 1. The fraction of sp³-hybridized carbons (Fsp3) is 0.360. The number of aromatic nitrogens is 4. The van der Waals surface area contributed by atoms with Gasteiger partial charge >= 0.3 is 0 Å². The first kappa shape index (κ1) is 27.0. The van der Waals surface area contributed by atoms with Gasteiger partial charge in [0.2, 0.25) is 11.9 Å². The van der Waals surface area contributed by atoms with Gasteiger partial charge in [-0.2, -0.15) is 5.10 Å². The molecule has 0 bridgehead atoms. The molecule has 11 heteroatoms. The second-order valence-electron chi connectivity index (χ2n) is 8.67. The minimum Gasteiger partial charge on any atom is -0.494 e. The highest BCUT2D eigenvalue weighted by Crippen LogP contribution is 2.38. The molecule has 36 heavy (non-hydrogen) atoms. The average molecular weight is 513 g/mol. The van der Waals surface area contributed by atoms with Crippen molar-refractivity contribution < 1.29 is 9.53 Å². The maximum Gasteiger partial charge on any atom is 0.247 e. The van der Waals surface area contributed by atoms with E-state index in [2.05, 4.69) is 42.1 Å². The monoisotopic (exact) mass is 512 g/mol. The zero-order valence-corrected chi connectivity index (χ0v) is 22.6. The molecule has 0 saturated carbocycles. The van der Waals surface area contributed by atoms with Gasteiger partial charge in [-0.05, 0) is 40.1 Å². The van der Waals surface area contributed by atoms with Crippen LogP contribution in [-0.2, 0) is 11.8 Å². The Morgan fingerprint density at radius 1 is 1.22 bits per heavy atom. The summed E-state index contributed by atoms with van der Waals surface area (Å²) in [6, 6.07) is 3.66. The number of halogens is 1. The molecule has 1 amide bonds. The summed E-state index contributed by atoms with van der Waals surface area (Å²) in [5, 5.41) is 11.0. The largest absolute Gasteiger partial charge is 0.494 e. The number of nitrogens with one attached hydrogen (secondary N) is 2. The van der Waals surface area contributed by atoms with Crippen molar-refractivity contribution in [3.05, 3.63) is 47.4 Å². The lowest BCUT2D eigenvalue weighted by atomic mass is 10.1. The number of ether oxygens (including phenoxy) is 1. The number of likely N-dealkylation sites (N-methyl/N-ethyl adjacent to an activating group) is 2. The highest BCUT2D eigenvalue weighted by molar-refractivity contribution is 6.33. The number of aryl methyl sites for hydroxylation is 2. The molecule has 0 fully saturated rings. The van der Waals surface area contributed by atoms with Gasteiger partial charge < -0.3 is 25.2 Å². The molecule has 0 saturated heterocycles. The molecule has 3 rings (SSSR count). The zero-order valence-electron chi connectivity index (χ0n) is 21.8. The number of benzene rings is 1. The van der Waals surface area contributed by atoms with E-state index in [4.69, 9.17) is 16.3 Å². The molecule has 0 aliphatic rings. The first-order chi connectivity index (χ1) is 17.0. The summed E-state index contributed by atoms with van der Waals surface area (Å²) in [7, 11) is 9.44. The summed E-state index contributed by atoms with van der Waals surface area (Å²) in [4.78, 5) is 25.4. The van der Waals surface area contributed by atoms with Crippen molar-refractivity contribution in [3.63, 3.8) is 0 Å². The van der Waals surface area contributed by atoms with E-state index < -0.39 is 0 Å². The van der Waals surface area contributed by atoms with Crippen LogP contribution >= 0.6 is 11.6 Å². The van der Waals surface area contributed by atoms with Crippen molar-refractivity contribution in [1.29, 1.82) is 0 Å². The average Bonchev–Trinajstić information content (AvgIpc) is 3.09. The summed E-state index contributed by atoms with van der Waals surface area (Å²) in [6.07, 6.45) is 2.78. The van der Waals surface area contributed by atoms with E-state index in [9.17, 15) is 4.79 Å². The zero-order chi connectivity index (χ0) is 26.6. The van der Waals surface area contributed by atoms with E-state index in [0.29, 0.717) is 33.8 Å². The van der Waals surface area contributed by atoms with E-state index in [-0.39, 0.29) is 5.91 Å². The van der Waals surface area contributed by atoms with Crippen LogP contribution < -0.4 is 20.3 Å². The topological polar surface area (TPSA) is 100 Å². The van der Waals surface area contributed by atoms with Gasteiger partial charge in [0.1, 0.15) is 5.75 Å². The first-order valence-electron chi connectivity index (χ1n) is 11.4. The summed E-state index contributed by atoms with van der Waals surface area (Å²) in [5.74, 6) is 0.568. The number of methoxy groups -OCH3 is 1. The van der Waals surface area contributed by atoms with Crippen LogP contribution in [0.2, 0.25) is 5.02 Å². The lowest BCUT2D eigenvalue weighted by Gasteiger charge is -2.26. The molecule has 192 valence electrons. The Kier molecular flexibility index (Phi) is 8.54. The van der Waals surface area contributed by atoms with E-state index in [1.807, 2.05) is 48.1 Å². The number of hydrogen-bond acceptors (Lipinski definition) is 8. The quantitative estimate of drug-likeness (QED) is 0.393. The fourth-order valence-corrected chi connectivity index (χ4v) is 3.93. The number of hydrogen-bond donors (Lipinski definition) is 2. The summed E-state index contributed by atoms with van der Waals surface area (Å²) in [5.41, 5.74) is 5.17. The normalized spacial score (nSPS) is 10.9. The maximum absolute atomic E-state index is 12.2. The smallest absolute Gasteiger partial charge is 0.247 e. The van der Waals surface area contributed by atoms with E-state index in [0.717, 1.165) is 35.7 Å². The first-order valence-corrected chi connectivity index (χ1v) is 11.7. The van der Waals surface area contributed by atoms with Gasteiger partial charge in [0.25, 0.3) is 0 Å². The summed E-state index contributed by atoms with van der Waals surface area (Å²) < 4.78 is 7.46. The molecule has 3 aromatic rings. The van der Waals surface area contributed by atoms with Crippen molar-refractivity contribution >= 4 is 40.5 Å².